The van der Waals surface area contributed by atoms with E-state index >= 15 is 0 Å². The van der Waals surface area contributed by atoms with Crippen LogP contribution in [0.15, 0.2) is 25.1 Å². The highest BCUT2D eigenvalue weighted by Gasteiger charge is 1.94. The number of allylic oxidation sites excluding steroid dienone is 2. The maximum atomic E-state index is 12.0. The van der Waals surface area contributed by atoms with E-state index in [-0.39, 0.29) is 12.8 Å². The van der Waals surface area contributed by atoms with Gasteiger partial charge in [0.1, 0.15) is 6.17 Å². The highest BCUT2D eigenvalue weighted by Crippen LogP contribution is 1.99. The van der Waals surface area contributed by atoms with Gasteiger partial charge in [-0.2, -0.15) is 0 Å². The lowest BCUT2D eigenvalue weighted by atomic mass is 10.3. The first-order valence-electron chi connectivity index (χ1n) is 2.33. The fourth-order valence-corrected chi connectivity index (χ4v) is 0.317. The number of halogens is 2. The Kier molecular flexibility index (Phi) is 4.13. The van der Waals surface area contributed by atoms with Crippen molar-refractivity contribution in [2.24, 2.45) is 0 Å². The van der Waals surface area contributed by atoms with Gasteiger partial charge in [-0.05, 0) is 12.5 Å². The maximum Gasteiger partial charge on any atom is 0.124 e. The Hall–Kier alpha value is -0.660. The van der Waals surface area contributed by atoms with Crippen LogP contribution in [0.2, 0.25) is 0 Å². The third kappa shape index (κ3) is 3.53. The fraction of sp³-hybridized carbons (Fsp3) is 0.333. The molecule has 0 saturated carbocycles. The molecule has 0 saturated heterocycles. The predicted molar refractivity (Wildman–Crippen MR) is 30.0 cm³/mol. The topological polar surface area (TPSA) is 0 Å². The van der Waals surface area contributed by atoms with Crippen molar-refractivity contribution in [3.05, 3.63) is 25.1 Å². The summed E-state index contributed by atoms with van der Waals surface area (Å²) in [6.45, 7) is 3.29. The smallest absolute Gasteiger partial charge is 0.124 e. The lowest BCUT2D eigenvalue weighted by Gasteiger charge is -1.91. The van der Waals surface area contributed by atoms with Gasteiger partial charge >= 0.3 is 0 Å². The molecule has 0 N–H and O–H groups in total. The van der Waals surface area contributed by atoms with E-state index in [2.05, 4.69) is 6.58 Å². The summed E-state index contributed by atoms with van der Waals surface area (Å²) in [5.74, 6) is 0. The van der Waals surface area contributed by atoms with Gasteiger partial charge in [0.15, 0.2) is 0 Å². The van der Waals surface area contributed by atoms with Crippen molar-refractivity contribution in [3.63, 3.8) is 0 Å². The van der Waals surface area contributed by atoms with Gasteiger partial charge in [0.25, 0.3) is 0 Å². The molecule has 2 heteroatoms. The molecule has 46 valence electrons. The molecular weight excluding hydrogens is 110 g/mol. The molecule has 0 bridgehead atoms. The van der Waals surface area contributed by atoms with Crippen molar-refractivity contribution in [1.82, 2.24) is 0 Å². The van der Waals surface area contributed by atoms with Crippen LogP contribution in [0.1, 0.15) is 6.42 Å². The van der Waals surface area contributed by atoms with Gasteiger partial charge in [-0.25, -0.2) is 8.78 Å². The first kappa shape index (κ1) is 7.34. The second kappa shape index (κ2) is 4.50. The van der Waals surface area contributed by atoms with Crippen LogP contribution in [0.3, 0.4) is 0 Å². The van der Waals surface area contributed by atoms with Crippen LogP contribution in [-0.4, -0.2) is 6.17 Å². The second-order valence-corrected chi connectivity index (χ2v) is 1.36. The molecule has 0 aromatic rings. The molecule has 1 unspecified atom stereocenters. The molecule has 0 aromatic heterocycles. The quantitative estimate of drug-likeness (QED) is 0.499. The van der Waals surface area contributed by atoms with E-state index in [1.165, 1.54) is 6.08 Å². The number of hydrogen-bond donors (Lipinski definition) is 0. The molecule has 0 aliphatic carbocycles. The standard InChI is InChI=1S/C6H8F2/c1-2-3-6(8)4-5-7/h2,4-6H,1,3H2/b5-4+. The second-order valence-electron chi connectivity index (χ2n) is 1.36. The Morgan fingerprint density at radius 2 is 2.25 bits per heavy atom. The Morgan fingerprint density at radius 3 is 2.62 bits per heavy atom. The zero-order valence-corrected chi connectivity index (χ0v) is 4.48. The third-order valence-corrected chi connectivity index (χ3v) is 0.673. The molecule has 0 nitrogen and oxygen atoms in total. The summed E-state index contributed by atoms with van der Waals surface area (Å²) < 4.78 is 23.1. The van der Waals surface area contributed by atoms with Gasteiger partial charge in [0.05, 0.1) is 6.33 Å². The van der Waals surface area contributed by atoms with Crippen LogP contribution in [-0.2, 0) is 0 Å². The predicted octanol–water partition coefficient (Wildman–Crippen LogP) is 2.38. The molecule has 0 aliphatic heterocycles. The molecule has 0 amide bonds. The van der Waals surface area contributed by atoms with Gasteiger partial charge < -0.3 is 0 Å². The molecule has 0 aromatic carbocycles. The van der Waals surface area contributed by atoms with E-state index in [0.717, 1.165) is 6.08 Å². The highest BCUT2D eigenvalue weighted by atomic mass is 19.1. The molecule has 1 atom stereocenters. The minimum Gasteiger partial charge on any atom is -0.243 e. The minimum atomic E-state index is -1.21. The summed E-state index contributed by atoms with van der Waals surface area (Å²) in [5, 5.41) is 0. The highest BCUT2D eigenvalue weighted by molar-refractivity contribution is 4.87. The zero-order chi connectivity index (χ0) is 6.41. The first-order chi connectivity index (χ1) is 3.81. The Bertz CT molecular complexity index is 86.5. The minimum absolute atomic E-state index is 0.181. The average Bonchev–Trinajstić information content (AvgIpc) is 1.68. The normalized spacial score (nSPS) is 14.2. The zero-order valence-electron chi connectivity index (χ0n) is 4.48. The van der Waals surface area contributed by atoms with Crippen molar-refractivity contribution in [2.45, 2.75) is 12.6 Å². The Labute approximate surface area is 47.5 Å². The average molecular weight is 118 g/mol. The molecule has 0 aliphatic rings. The van der Waals surface area contributed by atoms with Gasteiger partial charge in [0.2, 0.25) is 0 Å². The summed E-state index contributed by atoms with van der Waals surface area (Å²) in [7, 11) is 0. The van der Waals surface area contributed by atoms with Gasteiger partial charge in [-0.3, -0.25) is 0 Å². The van der Waals surface area contributed by atoms with Crippen LogP contribution in [0.25, 0.3) is 0 Å². The molecule has 0 spiro atoms. The third-order valence-electron chi connectivity index (χ3n) is 0.673. The lowest BCUT2D eigenvalue weighted by Crippen LogP contribution is -1.89. The molecule has 0 heterocycles. The van der Waals surface area contributed by atoms with Crippen molar-refractivity contribution >= 4 is 0 Å². The van der Waals surface area contributed by atoms with Gasteiger partial charge in [0, 0.05) is 0 Å². The van der Waals surface area contributed by atoms with E-state index in [0.29, 0.717) is 0 Å². The maximum absolute atomic E-state index is 12.0. The van der Waals surface area contributed by atoms with Gasteiger partial charge in [-0.15, -0.1) is 6.58 Å². The van der Waals surface area contributed by atoms with Crippen LogP contribution < -0.4 is 0 Å². The fourth-order valence-electron chi connectivity index (χ4n) is 0.317. The first-order valence-corrected chi connectivity index (χ1v) is 2.33. The molecular formula is C6H8F2. The van der Waals surface area contributed by atoms with E-state index in [9.17, 15) is 8.78 Å². The summed E-state index contributed by atoms with van der Waals surface area (Å²) >= 11 is 0. The van der Waals surface area contributed by atoms with Crippen LogP contribution in [0, 0.1) is 0 Å². The van der Waals surface area contributed by atoms with Crippen LogP contribution >= 0.6 is 0 Å². The number of rotatable bonds is 3. The summed E-state index contributed by atoms with van der Waals surface area (Å²) in [6, 6.07) is 0. The van der Waals surface area contributed by atoms with Crippen LogP contribution in [0.4, 0.5) is 8.78 Å². The van der Waals surface area contributed by atoms with Crippen molar-refractivity contribution in [3.8, 4) is 0 Å². The van der Waals surface area contributed by atoms with Crippen molar-refractivity contribution in [1.29, 1.82) is 0 Å². The summed E-state index contributed by atoms with van der Waals surface area (Å²) in [6.07, 6.45) is 1.43. The van der Waals surface area contributed by atoms with E-state index in [1.54, 1.807) is 0 Å². The SMILES string of the molecule is C=CCC(F)/C=C/F. The molecule has 0 fully saturated rings. The summed E-state index contributed by atoms with van der Waals surface area (Å²) in [4.78, 5) is 0. The van der Waals surface area contributed by atoms with E-state index in [4.69, 9.17) is 0 Å². The Morgan fingerprint density at radius 1 is 1.62 bits per heavy atom. The van der Waals surface area contributed by atoms with E-state index in [1.807, 2.05) is 0 Å². The Balaban J connectivity index is 3.31. The van der Waals surface area contributed by atoms with Gasteiger partial charge in [-0.1, -0.05) is 6.08 Å². The summed E-state index contributed by atoms with van der Waals surface area (Å²) in [5.41, 5.74) is 0. The number of alkyl halides is 1. The van der Waals surface area contributed by atoms with Crippen molar-refractivity contribution in [2.75, 3.05) is 0 Å². The van der Waals surface area contributed by atoms with Crippen LogP contribution in [0.5, 0.6) is 0 Å². The van der Waals surface area contributed by atoms with E-state index < -0.39 is 6.17 Å². The largest absolute Gasteiger partial charge is 0.243 e. The molecule has 0 radical (unpaired) electrons. The molecule has 0 rings (SSSR count). The molecule has 8 heavy (non-hydrogen) atoms. The lowest BCUT2D eigenvalue weighted by molar-refractivity contribution is 0.400. The van der Waals surface area contributed by atoms with Crippen molar-refractivity contribution < 1.29 is 8.78 Å². The number of hydrogen-bond acceptors (Lipinski definition) is 0. The monoisotopic (exact) mass is 118 g/mol.